The Hall–Kier alpha value is -1.33. The smallest absolute Gasteiger partial charge is 0.191 e. The minimum atomic E-state index is 0. The second-order valence-corrected chi connectivity index (χ2v) is 6.66. The van der Waals surface area contributed by atoms with Gasteiger partial charge < -0.3 is 15.5 Å². The van der Waals surface area contributed by atoms with E-state index in [4.69, 9.17) is 5.26 Å². The molecule has 2 N–H and O–H groups in total. The lowest BCUT2D eigenvalue weighted by Crippen LogP contribution is -2.41. The van der Waals surface area contributed by atoms with Crippen molar-refractivity contribution in [2.24, 2.45) is 4.99 Å². The van der Waals surface area contributed by atoms with Gasteiger partial charge in [-0.05, 0) is 57.4 Å². The molecule has 1 unspecified atom stereocenters. The molecular weight excluding hydrogens is 437 g/mol. The van der Waals surface area contributed by atoms with Crippen molar-refractivity contribution in [2.45, 2.75) is 52.1 Å². The lowest BCUT2D eigenvalue weighted by atomic mass is 10.0. The first-order chi connectivity index (χ1) is 12.2. The Bertz CT molecular complexity index is 579. The van der Waals surface area contributed by atoms with E-state index < -0.39 is 0 Å². The van der Waals surface area contributed by atoms with Crippen LogP contribution >= 0.6 is 24.0 Å². The number of hydrogen-bond donors (Lipinski definition) is 2. The van der Waals surface area contributed by atoms with E-state index >= 15 is 0 Å². The van der Waals surface area contributed by atoms with E-state index in [0.717, 1.165) is 43.6 Å². The van der Waals surface area contributed by atoms with E-state index in [9.17, 15) is 0 Å². The summed E-state index contributed by atoms with van der Waals surface area (Å²) in [6, 6.07) is 10.5. The molecule has 1 fully saturated rings. The van der Waals surface area contributed by atoms with Crippen LogP contribution in [0.25, 0.3) is 0 Å². The molecule has 1 atom stereocenters. The summed E-state index contributed by atoms with van der Waals surface area (Å²) in [6.07, 6.45) is 5.18. The number of hydrogen-bond acceptors (Lipinski definition) is 3. The van der Waals surface area contributed by atoms with Crippen LogP contribution in [0, 0.1) is 11.3 Å². The summed E-state index contributed by atoms with van der Waals surface area (Å²) in [6.45, 7) is 9.22. The molecule has 0 aromatic heterocycles. The van der Waals surface area contributed by atoms with Crippen molar-refractivity contribution in [1.82, 2.24) is 15.5 Å². The first-order valence-electron chi connectivity index (χ1n) is 9.48. The van der Waals surface area contributed by atoms with E-state index in [0.29, 0.717) is 12.1 Å². The molecule has 0 saturated carbocycles. The van der Waals surface area contributed by atoms with Crippen molar-refractivity contribution >= 4 is 29.9 Å². The number of guanidine groups is 1. The highest BCUT2D eigenvalue weighted by Gasteiger charge is 2.17. The molecule has 1 aromatic carbocycles. The van der Waals surface area contributed by atoms with Gasteiger partial charge in [0.2, 0.25) is 0 Å². The van der Waals surface area contributed by atoms with Gasteiger partial charge in [-0.3, -0.25) is 0 Å². The molecule has 6 heteroatoms. The second kappa shape index (κ2) is 12.9. The topological polar surface area (TPSA) is 63.5 Å². The largest absolute Gasteiger partial charge is 0.357 e. The van der Waals surface area contributed by atoms with Crippen LogP contribution in [-0.4, -0.2) is 43.1 Å². The Morgan fingerprint density at radius 1 is 1.27 bits per heavy atom. The van der Waals surface area contributed by atoms with Gasteiger partial charge in [0.15, 0.2) is 5.96 Å². The quantitative estimate of drug-likeness (QED) is 0.278. The molecule has 1 aliphatic rings. The summed E-state index contributed by atoms with van der Waals surface area (Å²) in [5, 5.41) is 15.6. The zero-order valence-electron chi connectivity index (χ0n) is 16.0. The van der Waals surface area contributed by atoms with E-state index in [1.807, 2.05) is 24.3 Å². The Balaban J connectivity index is 0.00000338. The summed E-state index contributed by atoms with van der Waals surface area (Å²) < 4.78 is 0. The highest BCUT2D eigenvalue weighted by molar-refractivity contribution is 14.0. The number of piperidine rings is 1. The van der Waals surface area contributed by atoms with Crippen LogP contribution in [-0.2, 0) is 6.54 Å². The minimum absolute atomic E-state index is 0. The number of nitriles is 1. The van der Waals surface area contributed by atoms with Crippen LogP contribution in [0.4, 0.5) is 0 Å². The highest BCUT2D eigenvalue weighted by Crippen LogP contribution is 2.16. The molecule has 1 aliphatic heterocycles. The minimum Gasteiger partial charge on any atom is -0.357 e. The monoisotopic (exact) mass is 469 g/mol. The molecule has 26 heavy (non-hydrogen) atoms. The fourth-order valence-electron chi connectivity index (χ4n) is 3.18. The lowest BCUT2D eigenvalue weighted by Gasteiger charge is -2.33. The maximum Gasteiger partial charge on any atom is 0.191 e. The summed E-state index contributed by atoms with van der Waals surface area (Å²) in [5.41, 5.74) is 1.79. The number of aliphatic imine (C=N–C) groups is 1. The summed E-state index contributed by atoms with van der Waals surface area (Å²) >= 11 is 0. The van der Waals surface area contributed by atoms with Gasteiger partial charge in [-0.2, -0.15) is 5.26 Å². The predicted molar refractivity (Wildman–Crippen MR) is 119 cm³/mol. The van der Waals surface area contributed by atoms with Crippen LogP contribution in [0.1, 0.15) is 50.7 Å². The molecule has 0 aliphatic carbocycles. The van der Waals surface area contributed by atoms with E-state index in [1.165, 1.54) is 25.8 Å². The van der Waals surface area contributed by atoms with Gasteiger partial charge in [0.05, 0.1) is 18.2 Å². The average molecular weight is 469 g/mol. The molecule has 0 radical (unpaired) electrons. The Morgan fingerprint density at radius 3 is 2.69 bits per heavy atom. The van der Waals surface area contributed by atoms with E-state index in [-0.39, 0.29) is 24.0 Å². The fourth-order valence-corrected chi connectivity index (χ4v) is 3.18. The van der Waals surface area contributed by atoms with Gasteiger partial charge in [0, 0.05) is 25.7 Å². The lowest BCUT2D eigenvalue weighted by molar-refractivity contribution is 0.159. The normalized spacial score (nSPS) is 17.9. The fraction of sp³-hybridized carbons (Fsp3) is 0.600. The number of nitrogens with zero attached hydrogens (tertiary/aromatic N) is 3. The SMILES string of the molecule is CCNC(=NCc1ccc(C#N)cc1)NCCCN1CCCCC1C.I. The Labute approximate surface area is 175 Å². The molecule has 5 nitrogen and oxygen atoms in total. The molecule has 0 amide bonds. The van der Waals surface area contributed by atoms with Crippen LogP contribution in [0.15, 0.2) is 29.3 Å². The van der Waals surface area contributed by atoms with Crippen molar-refractivity contribution in [1.29, 1.82) is 5.26 Å². The molecule has 2 rings (SSSR count). The second-order valence-electron chi connectivity index (χ2n) is 6.66. The van der Waals surface area contributed by atoms with E-state index in [1.54, 1.807) is 0 Å². The molecule has 1 saturated heterocycles. The molecule has 0 bridgehead atoms. The van der Waals surface area contributed by atoms with Crippen molar-refractivity contribution in [2.75, 3.05) is 26.2 Å². The zero-order chi connectivity index (χ0) is 17.9. The van der Waals surface area contributed by atoms with Crippen LogP contribution in [0.5, 0.6) is 0 Å². The van der Waals surface area contributed by atoms with Crippen LogP contribution < -0.4 is 10.6 Å². The van der Waals surface area contributed by atoms with Crippen molar-refractivity contribution < 1.29 is 0 Å². The van der Waals surface area contributed by atoms with E-state index in [2.05, 4.69) is 40.4 Å². The summed E-state index contributed by atoms with van der Waals surface area (Å²) in [5.74, 6) is 0.860. The number of nitrogens with one attached hydrogen (secondary N) is 2. The Morgan fingerprint density at radius 2 is 2.04 bits per heavy atom. The summed E-state index contributed by atoms with van der Waals surface area (Å²) in [4.78, 5) is 7.24. The maximum atomic E-state index is 8.85. The molecular formula is C20H32IN5. The van der Waals surface area contributed by atoms with Crippen molar-refractivity contribution in [3.63, 3.8) is 0 Å². The van der Waals surface area contributed by atoms with Gasteiger partial charge in [-0.1, -0.05) is 18.6 Å². The average Bonchev–Trinajstić information content (AvgIpc) is 2.65. The molecule has 1 aromatic rings. The molecule has 1 heterocycles. The van der Waals surface area contributed by atoms with Gasteiger partial charge in [-0.15, -0.1) is 24.0 Å². The Kier molecular flexibility index (Phi) is 11.3. The summed E-state index contributed by atoms with van der Waals surface area (Å²) in [7, 11) is 0. The van der Waals surface area contributed by atoms with Gasteiger partial charge in [-0.25, -0.2) is 4.99 Å². The van der Waals surface area contributed by atoms with Crippen molar-refractivity contribution in [3.8, 4) is 6.07 Å². The number of benzene rings is 1. The maximum absolute atomic E-state index is 8.85. The predicted octanol–water partition coefficient (Wildman–Crippen LogP) is 3.50. The van der Waals surface area contributed by atoms with Gasteiger partial charge in [0.1, 0.15) is 0 Å². The molecule has 144 valence electrons. The third kappa shape index (κ3) is 7.92. The standard InChI is InChI=1S/C20H31N5.HI/c1-3-22-20(24-16-19-10-8-18(15-21)9-11-19)23-12-6-14-25-13-5-4-7-17(25)2;/h8-11,17H,3-7,12-14,16H2,1-2H3,(H2,22,23,24);1H. The molecule has 0 spiro atoms. The van der Waals surface area contributed by atoms with Crippen molar-refractivity contribution in [3.05, 3.63) is 35.4 Å². The van der Waals surface area contributed by atoms with Crippen LogP contribution in [0.3, 0.4) is 0 Å². The third-order valence-corrected chi connectivity index (χ3v) is 4.70. The third-order valence-electron chi connectivity index (χ3n) is 4.70. The van der Waals surface area contributed by atoms with Gasteiger partial charge >= 0.3 is 0 Å². The highest BCUT2D eigenvalue weighted by atomic mass is 127. The number of likely N-dealkylation sites (tertiary alicyclic amines) is 1. The van der Waals surface area contributed by atoms with Gasteiger partial charge in [0.25, 0.3) is 0 Å². The number of rotatable bonds is 7. The first-order valence-corrected chi connectivity index (χ1v) is 9.48. The number of halogens is 1. The zero-order valence-corrected chi connectivity index (χ0v) is 18.3. The van der Waals surface area contributed by atoms with Crippen LogP contribution in [0.2, 0.25) is 0 Å². The first kappa shape index (κ1) is 22.7.